The fourth-order valence-corrected chi connectivity index (χ4v) is 0.745. The van der Waals surface area contributed by atoms with E-state index < -0.39 is 5.97 Å². The summed E-state index contributed by atoms with van der Waals surface area (Å²) in [5.74, 6) is -0.495. The molecule has 80 valence electrons. The summed E-state index contributed by atoms with van der Waals surface area (Å²) in [6.45, 7) is 5.37. The smallest absolute Gasteiger partial charge is 0.338 e. The SMILES string of the molecule is C=C(C)C(=O)O/C=C(/O)C[N+](C)(C)C. The van der Waals surface area contributed by atoms with Gasteiger partial charge in [-0.05, 0) is 6.92 Å². The van der Waals surface area contributed by atoms with Gasteiger partial charge in [0.15, 0.2) is 5.76 Å². The zero-order chi connectivity index (χ0) is 11.4. The van der Waals surface area contributed by atoms with Gasteiger partial charge in [0.2, 0.25) is 0 Å². The van der Waals surface area contributed by atoms with E-state index in [-0.39, 0.29) is 5.76 Å². The van der Waals surface area contributed by atoms with Crippen LogP contribution >= 0.6 is 0 Å². The van der Waals surface area contributed by atoms with E-state index in [9.17, 15) is 9.90 Å². The summed E-state index contributed by atoms with van der Waals surface area (Å²) >= 11 is 0. The van der Waals surface area contributed by atoms with E-state index in [0.29, 0.717) is 16.6 Å². The van der Waals surface area contributed by atoms with Crippen molar-refractivity contribution in [2.24, 2.45) is 0 Å². The highest BCUT2D eigenvalue weighted by molar-refractivity contribution is 5.87. The molecular weight excluding hydrogens is 182 g/mol. The molecule has 0 spiro atoms. The van der Waals surface area contributed by atoms with Crippen LogP contribution in [-0.4, -0.2) is 43.2 Å². The van der Waals surface area contributed by atoms with E-state index in [1.54, 1.807) is 6.92 Å². The molecule has 4 nitrogen and oxygen atoms in total. The number of hydrogen-bond acceptors (Lipinski definition) is 3. The van der Waals surface area contributed by atoms with Crippen molar-refractivity contribution in [2.75, 3.05) is 27.7 Å². The molecule has 0 radical (unpaired) electrons. The molecule has 0 fully saturated rings. The molecule has 0 bridgehead atoms. The highest BCUT2D eigenvalue weighted by Crippen LogP contribution is 2.00. The van der Waals surface area contributed by atoms with E-state index in [4.69, 9.17) is 0 Å². The van der Waals surface area contributed by atoms with Crippen LogP contribution in [-0.2, 0) is 9.53 Å². The van der Waals surface area contributed by atoms with Gasteiger partial charge in [-0.2, -0.15) is 0 Å². The Labute approximate surface area is 84.7 Å². The zero-order valence-corrected chi connectivity index (χ0v) is 9.20. The molecular formula is C10H18NO3+. The van der Waals surface area contributed by atoms with Crippen LogP contribution in [0.25, 0.3) is 0 Å². The lowest BCUT2D eigenvalue weighted by atomic mass is 10.4. The van der Waals surface area contributed by atoms with Gasteiger partial charge in [0.05, 0.1) is 21.1 Å². The fourth-order valence-electron chi connectivity index (χ4n) is 0.745. The molecule has 0 aliphatic heterocycles. The van der Waals surface area contributed by atoms with Crippen molar-refractivity contribution >= 4 is 5.97 Å². The van der Waals surface area contributed by atoms with Crippen molar-refractivity contribution in [3.8, 4) is 0 Å². The Morgan fingerprint density at radius 3 is 2.36 bits per heavy atom. The molecule has 0 aliphatic carbocycles. The third kappa shape index (κ3) is 6.25. The van der Waals surface area contributed by atoms with Crippen LogP contribution in [0.1, 0.15) is 6.92 Å². The first-order chi connectivity index (χ1) is 6.22. The summed E-state index contributed by atoms with van der Waals surface area (Å²) in [4.78, 5) is 10.9. The van der Waals surface area contributed by atoms with Crippen molar-refractivity contribution in [3.05, 3.63) is 24.2 Å². The minimum absolute atomic E-state index is 0.0344. The highest BCUT2D eigenvalue weighted by Gasteiger charge is 2.11. The number of carbonyl (C=O) groups excluding carboxylic acids is 1. The first-order valence-electron chi connectivity index (χ1n) is 4.27. The van der Waals surface area contributed by atoms with Gasteiger partial charge in [-0.15, -0.1) is 0 Å². The first-order valence-corrected chi connectivity index (χ1v) is 4.27. The molecule has 0 unspecified atom stereocenters. The lowest BCUT2D eigenvalue weighted by Gasteiger charge is -2.22. The summed E-state index contributed by atoms with van der Waals surface area (Å²) in [6, 6.07) is 0. The normalized spacial score (nSPS) is 12.4. The molecule has 0 saturated heterocycles. The van der Waals surface area contributed by atoms with Crippen LogP contribution in [0, 0.1) is 0 Å². The molecule has 0 heterocycles. The van der Waals surface area contributed by atoms with E-state index >= 15 is 0 Å². The summed E-state index contributed by atoms with van der Waals surface area (Å²) in [5, 5.41) is 9.35. The molecule has 0 rings (SSSR count). The highest BCUT2D eigenvalue weighted by atomic mass is 16.5. The topological polar surface area (TPSA) is 46.5 Å². The van der Waals surface area contributed by atoms with Gasteiger partial charge in [0, 0.05) is 5.57 Å². The second-order valence-electron chi connectivity index (χ2n) is 4.24. The summed E-state index contributed by atoms with van der Waals surface area (Å²) < 4.78 is 5.21. The molecule has 0 aliphatic rings. The fraction of sp³-hybridized carbons (Fsp3) is 0.500. The minimum Gasteiger partial charge on any atom is -0.504 e. The number of nitrogens with zero attached hydrogens (tertiary/aromatic N) is 1. The van der Waals surface area contributed by atoms with Gasteiger partial charge in [-0.3, -0.25) is 0 Å². The third-order valence-corrected chi connectivity index (χ3v) is 1.29. The number of quaternary nitrogens is 1. The lowest BCUT2D eigenvalue weighted by Crippen LogP contribution is -2.36. The maximum atomic E-state index is 10.9. The van der Waals surface area contributed by atoms with Crippen molar-refractivity contribution in [1.29, 1.82) is 0 Å². The molecule has 0 aromatic carbocycles. The number of ether oxygens (including phenoxy) is 1. The predicted molar refractivity (Wildman–Crippen MR) is 54.5 cm³/mol. The molecule has 0 amide bonds. The van der Waals surface area contributed by atoms with Gasteiger partial charge in [0.25, 0.3) is 0 Å². The van der Waals surface area contributed by atoms with Crippen LogP contribution < -0.4 is 0 Å². The van der Waals surface area contributed by atoms with Crippen molar-refractivity contribution in [1.82, 2.24) is 0 Å². The van der Waals surface area contributed by atoms with Crippen LogP contribution in [0.5, 0.6) is 0 Å². The van der Waals surface area contributed by atoms with E-state index in [2.05, 4.69) is 11.3 Å². The van der Waals surface area contributed by atoms with Crippen molar-refractivity contribution in [3.63, 3.8) is 0 Å². The predicted octanol–water partition coefficient (Wildman–Crippen LogP) is 1.21. The Morgan fingerprint density at radius 1 is 1.50 bits per heavy atom. The van der Waals surface area contributed by atoms with Crippen LogP contribution in [0.15, 0.2) is 24.2 Å². The number of esters is 1. The van der Waals surface area contributed by atoms with E-state index in [0.717, 1.165) is 6.26 Å². The average Bonchev–Trinajstić information content (AvgIpc) is 1.96. The van der Waals surface area contributed by atoms with Crippen LogP contribution in [0.4, 0.5) is 0 Å². The molecule has 14 heavy (non-hydrogen) atoms. The lowest BCUT2D eigenvalue weighted by molar-refractivity contribution is -0.866. The number of hydrogen-bond donors (Lipinski definition) is 1. The maximum absolute atomic E-state index is 10.9. The number of aliphatic hydroxyl groups excluding tert-OH is 1. The number of carbonyl (C=O) groups is 1. The van der Waals surface area contributed by atoms with Crippen LogP contribution in [0.2, 0.25) is 0 Å². The Bertz CT molecular complexity index is 261. The summed E-state index contributed by atoms with van der Waals surface area (Å²) in [6.07, 6.45) is 1.06. The first kappa shape index (κ1) is 12.7. The number of aliphatic hydroxyl groups is 1. The second-order valence-corrected chi connectivity index (χ2v) is 4.24. The van der Waals surface area contributed by atoms with Gasteiger partial charge < -0.3 is 14.3 Å². The Hall–Kier alpha value is -1.29. The molecule has 0 atom stereocenters. The zero-order valence-electron chi connectivity index (χ0n) is 9.20. The maximum Gasteiger partial charge on any atom is 0.338 e. The third-order valence-electron chi connectivity index (χ3n) is 1.29. The second kappa shape index (κ2) is 4.81. The summed E-state index contributed by atoms with van der Waals surface area (Å²) in [5.41, 5.74) is 0.305. The Kier molecular flexibility index (Phi) is 4.37. The standard InChI is InChI=1S/C10H17NO3/c1-8(2)10(13)14-7-9(12)6-11(3,4)5/h7H,1,6H2,2-5H3/p+1/b9-7+. The van der Waals surface area contributed by atoms with Crippen molar-refractivity contribution in [2.45, 2.75) is 6.92 Å². The largest absolute Gasteiger partial charge is 0.504 e. The van der Waals surface area contributed by atoms with E-state index in [1.165, 1.54) is 0 Å². The molecule has 0 aromatic heterocycles. The number of rotatable bonds is 4. The molecule has 1 N–H and O–H groups in total. The van der Waals surface area contributed by atoms with Crippen molar-refractivity contribution < 1.29 is 19.1 Å². The van der Waals surface area contributed by atoms with Gasteiger partial charge in [0.1, 0.15) is 12.8 Å². The summed E-state index contributed by atoms with van der Waals surface area (Å²) in [7, 11) is 5.76. The van der Waals surface area contributed by atoms with Gasteiger partial charge in [-0.1, -0.05) is 6.58 Å². The quantitative estimate of drug-likeness (QED) is 0.321. The average molecular weight is 200 g/mol. The van der Waals surface area contributed by atoms with Crippen LogP contribution in [0.3, 0.4) is 0 Å². The molecule has 0 aromatic rings. The Balaban J connectivity index is 4.14. The minimum atomic E-state index is -0.530. The van der Waals surface area contributed by atoms with Gasteiger partial charge >= 0.3 is 5.97 Å². The molecule has 0 saturated carbocycles. The van der Waals surface area contributed by atoms with Gasteiger partial charge in [-0.25, -0.2) is 4.79 Å². The van der Waals surface area contributed by atoms with E-state index in [1.807, 2.05) is 21.1 Å². The molecule has 4 heteroatoms. The Morgan fingerprint density at radius 2 is 2.00 bits per heavy atom. The number of likely N-dealkylation sites (N-methyl/N-ethyl adjacent to an activating group) is 1. The monoisotopic (exact) mass is 200 g/mol.